The number of methoxy groups -OCH3 is 1. The number of hydrogen-bond acceptors (Lipinski definition) is 6. The third kappa shape index (κ3) is 4.96. The number of ether oxygens (including phenoxy) is 2. The van der Waals surface area contributed by atoms with E-state index in [9.17, 15) is 18.0 Å². The fraction of sp³-hybridized carbons (Fsp3) is 0.200. The van der Waals surface area contributed by atoms with Gasteiger partial charge in [-0.3, -0.25) is 9.10 Å². The van der Waals surface area contributed by atoms with Crippen LogP contribution in [0.1, 0.15) is 33.2 Å². The van der Waals surface area contributed by atoms with E-state index in [1.807, 2.05) is 0 Å². The molecular weight excluding hydrogens is 492 g/mol. The monoisotopic (exact) mass is 514 g/mol. The molecule has 0 spiro atoms. The highest BCUT2D eigenvalue weighted by Crippen LogP contribution is 2.37. The van der Waals surface area contributed by atoms with Gasteiger partial charge in [0.05, 0.1) is 25.0 Å². The van der Waals surface area contributed by atoms with Crippen molar-refractivity contribution in [2.24, 2.45) is 0 Å². The van der Waals surface area contributed by atoms with Gasteiger partial charge in [0.2, 0.25) is 0 Å². The van der Waals surface area contributed by atoms with Gasteiger partial charge in [-0.05, 0) is 73.5 Å². The van der Waals surface area contributed by atoms with Crippen LogP contribution in [0, 0.1) is 0 Å². The number of rotatable bonds is 7. The Bertz CT molecular complexity index is 1390. The molecule has 1 aliphatic rings. The smallest absolute Gasteiger partial charge is 0.338 e. The standard InChI is InChI=1S/C25H23ClN2O6S/c1-3-34-25(30)17-6-9-20(10-7-17)27-24(29)18-5-4-16-12-13-28(21(16)14-18)35(31,32)23-15-19(26)8-11-22(23)33-2/h4-11,14-15H,3,12-13H2,1-2H3,(H,27,29). The van der Waals surface area contributed by atoms with E-state index in [1.165, 1.54) is 23.5 Å². The molecule has 1 amide bonds. The van der Waals surface area contributed by atoms with E-state index in [0.717, 1.165) is 5.56 Å². The summed E-state index contributed by atoms with van der Waals surface area (Å²) in [6.07, 6.45) is 0.509. The van der Waals surface area contributed by atoms with Crippen molar-refractivity contribution in [1.82, 2.24) is 0 Å². The Hall–Kier alpha value is -3.56. The molecule has 35 heavy (non-hydrogen) atoms. The highest BCUT2D eigenvalue weighted by molar-refractivity contribution is 7.93. The normalized spacial score (nSPS) is 12.7. The van der Waals surface area contributed by atoms with Crippen molar-refractivity contribution in [2.45, 2.75) is 18.2 Å². The third-order valence-electron chi connectivity index (χ3n) is 5.55. The quantitative estimate of drug-likeness (QED) is 0.465. The maximum atomic E-state index is 13.5. The highest BCUT2D eigenvalue weighted by Gasteiger charge is 2.33. The second kappa shape index (κ2) is 9.97. The zero-order valence-electron chi connectivity index (χ0n) is 19.1. The van der Waals surface area contributed by atoms with E-state index in [1.54, 1.807) is 55.5 Å². The molecule has 0 unspecified atom stereocenters. The Balaban J connectivity index is 1.59. The number of halogens is 1. The summed E-state index contributed by atoms with van der Waals surface area (Å²) in [7, 11) is -2.60. The SMILES string of the molecule is CCOC(=O)c1ccc(NC(=O)c2ccc3c(c2)N(S(=O)(=O)c2cc(Cl)ccc2OC)CC3)cc1. The Labute approximate surface area is 208 Å². The molecule has 0 saturated carbocycles. The highest BCUT2D eigenvalue weighted by atomic mass is 35.5. The minimum atomic E-state index is -3.99. The van der Waals surface area contributed by atoms with Crippen LogP contribution < -0.4 is 14.4 Å². The van der Waals surface area contributed by atoms with Gasteiger partial charge < -0.3 is 14.8 Å². The lowest BCUT2D eigenvalue weighted by molar-refractivity contribution is 0.0526. The van der Waals surface area contributed by atoms with Gasteiger partial charge in [-0.1, -0.05) is 17.7 Å². The average Bonchev–Trinajstić information content (AvgIpc) is 3.29. The third-order valence-corrected chi connectivity index (χ3v) is 7.62. The van der Waals surface area contributed by atoms with E-state index in [0.29, 0.717) is 28.9 Å². The molecule has 0 radical (unpaired) electrons. The summed E-state index contributed by atoms with van der Waals surface area (Å²) in [5, 5.41) is 3.03. The number of nitrogens with one attached hydrogen (secondary N) is 1. The maximum Gasteiger partial charge on any atom is 0.338 e. The second-order valence-corrected chi connectivity index (χ2v) is 9.98. The predicted molar refractivity (Wildman–Crippen MR) is 133 cm³/mol. The first-order valence-corrected chi connectivity index (χ1v) is 12.6. The molecule has 1 N–H and O–H groups in total. The molecule has 0 fully saturated rings. The lowest BCUT2D eigenvalue weighted by Gasteiger charge is -2.21. The minimum Gasteiger partial charge on any atom is -0.495 e. The van der Waals surface area contributed by atoms with Gasteiger partial charge in [-0.25, -0.2) is 13.2 Å². The molecule has 0 atom stereocenters. The van der Waals surface area contributed by atoms with Crippen LogP contribution in [0.4, 0.5) is 11.4 Å². The van der Waals surface area contributed by atoms with Gasteiger partial charge in [0.15, 0.2) is 0 Å². The minimum absolute atomic E-state index is 0.0445. The fourth-order valence-electron chi connectivity index (χ4n) is 3.82. The Morgan fingerprint density at radius 1 is 1.03 bits per heavy atom. The lowest BCUT2D eigenvalue weighted by Crippen LogP contribution is -2.29. The number of carbonyl (C=O) groups is 2. The number of hydrogen-bond donors (Lipinski definition) is 1. The Kier molecular flexibility index (Phi) is 7.00. The summed E-state index contributed by atoms with van der Waals surface area (Å²) in [6, 6.07) is 15.7. The molecule has 0 saturated heterocycles. The van der Waals surface area contributed by atoms with Crippen LogP contribution >= 0.6 is 11.6 Å². The number of nitrogens with zero attached hydrogens (tertiary/aromatic N) is 1. The van der Waals surface area contributed by atoms with Crippen molar-refractivity contribution in [2.75, 3.05) is 29.9 Å². The topological polar surface area (TPSA) is 102 Å². The van der Waals surface area contributed by atoms with E-state index in [2.05, 4.69) is 5.32 Å². The van der Waals surface area contributed by atoms with E-state index in [-0.39, 0.29) is 28.8 Å². The maximum absolute atomic E-state index is 13.5. The summed E-state index contributed by atoms with van der Waals surface area (Å²) in [5.74, 6) is -0.675. The first-order valence-electron chi connectivity index (χ1n) is 10.8. The number of esters is 1. The van der Waals surface area contributed by atoms with Crippen molar-refractivity contribution in [3.05, 3.63) is 82.4 Å². The lowest BCUT2D eigenvalue weighted by atomic mass is 10.1. The zero-order chi connectivity index (χ0) is 25.2. The number of sulfonamides is 1. The van der Waals surface area contributed by atoms with Crippen LogP contribution in [-0.2, 0) is 21.2 Å². The van der Waals surface area contributed by atoms with E-state index < -0.39 is 21.9 Å². The fourth-order valence-corrected chi connectivity index (χ4v) is 5.74. The molecule has 182 valence electrons. The molecule has 0 aromatic heterocycles. The molecule has 10 heteroatoms. The number of benzene rings is 3. The van der Waals surface area contributed by atoms with Crippen molar-refractivity contribution in [3.63, 3.8) is 0 Å². The first-order chi connectivity index (χ1) is 16.7. The molecule has 3 aromatic rings. The number of anilines is 2. The summed E-state index contributed by atoms with van der Waals surface area (Å²) < 4.78 is 38.4. The summed E-state index contributed by atoms with van der Waals surface area (Å²) >= 11 is 6.06. The van der Waals surface area contributed by atoms with Crippen LogP contribution in [0.2, 0.25) is 5.02 Å². The van der Waals surface area contributed by atoms with Crippen molar-refractivity contribution in [3.8, 4) is 5.75 Å². The Morgan fingerprint density at radius 3 is 2.43 bits per heavy atom. The van der Waals surface area contributed by atoms with Gasteiger partial charge in [0, 0.05) is 22.8 Å². The van der Waals surface area contributed by atoms with Crippen LogP contribution in [0.15, 0.2) is 65.6 Å². The van der Waals surface area contributed by atoms with Crippen molar-refractivity contribution < 1.29 is 27.5 Å². The average molecular weight is 515 g/mol. The largest absolute Gasteiger partial charge is 0.495 e. The molecule has 0 aliphatic carbocycles. The zero-order valence-corrected chi connectivity index (χ0v) is 20.7. The number of amides is 1. The van der Waals surface area contributed by atoms with Gasteiger partial charge in [0.1, 0.15) is 10.6 Å². The summed E-state index contributed by atoms with van der Waals surface area (Å²) in [4.78, 5) is 24.7. The molecule has 0 bridgehead atoms. The molecule has 4 rings (SSSR count). The number of fused-ring (bicyclic) bond motifs is 1. The van der Waals surface area contributed by atoms with Crippen LogP contribution in [0.3, 0.4) is 0 Å². The molecule has 1 aliphatic heterocycles. The van der Waals surface area contributed by atoms with Crippen LogP contribution in [-0.4, -0.2) is 40.6 Å². The summed E-state index contributed by atoms with van der Waals surface area (Å²) in [5.41, 5.74) is 2.39. The number of carbonyl (C=O) groups excluding carboxylic acids is 2. The molecule has 3 aromatic carbocycles. The molecular formula is C25H23ClN2O6S. The van der Waals surface area contributed by atoms with Gasteiger partial charge >= 0.3 is 5.97 Å². The first kappa shape index (κ1) is 24.6. The Morgan fingerprint density at radius 2 is 1.74 bits per heavy atom. The predicted octanol–water partition coefficient (Wildman–Crippen LogP) is 4.53. The van der Waals surface area contributed by atoms with E-state index >= 15 is 0 Å². The van der Waals surface area contributed by atoms with Crippen molar-refractivity contribution in [1.29, 1.82) is 0 Å². The van der Waals surface area contributed by atoms with Crippen molar-refractivity contribution >= 4 is 44.9 Å². The van der Waals surface area contributed by atoms with Gasteiger partial charge in [-0.2, -0.15) is 0 Å². The summed E-state index contributed by atoms with van der Waals surface area (Å²) in [6.45, 7) is 2.22. The van der Waals surface area contributed by atoms with Crippen LogP contribution in [0.5, 0.6) is 5.75 Å². The van der Waals surface area contributed by atoms with Gasteiger partial charge in [-0.15, -0.1) is 0 Å². The van der Waals surface area contributed by atoms with E-state index in [4.69, 9.17) is 21.1 Å². The van der Waals surface area contributed by atoms with Crippen LogP contribution in [0.25, 0.3) is 0 Å². The molecule has 1 heterocycles. The molecule has 8 nitrogen and oxygen atoms in total. The van der Waals surface area contributed by atoms with Gasteiger partial charge in [0.25, 0.3) is 15.9 Å². The second-order valence-electron chi connectivity index (χ2n) is 7.72.